The van der Waals surface area contributed by atoms with Crippen LogP contribution in [0.3, 0.4) is 0 Å². The largest absolute Gasteiger partial charge is 0.395 e. The van der Waals surface area contributed by atoms with Crippen molar-refractivity contribution in [1.82, 2.24) is 15.5 Å². The summed E-state index contributed by atoms with van der Waals surface area (Å²) in [5.74, 6) is -0.138. The summed E-state index contributed by atoms with van der Waals surface area (Å²) in [6.07, 6.45) is 1.10. The van der Waals surface area contributed by atoms with E-state index < -0.39 is 0 Å². The van der Waals surface area contributed by atoms with Crippen molar-refractivity contribution in [3.05, 3.63) is 0 Å². The van der Waals surface area contributed by atoms with Gasteiger partial charge in [0.05, 0.1) is 13.2 Å². The Hall–Kier alpha value is -1.18. The molecule has 0 saturated carbocycles. The first kappa shape index (κ1) is 14.9. The number of carbonyl (C=O) groups excluding carboxylic acids is 2. The molecular weight excluding hydrogens is 238 g/mol. The average Bonchev–Trinajstić information content (AvgIpc) is 3.13. The van der Waals surface area contributed by atoms with Crippen LogP contribution in [-0.4, -0.2) is 72.4 Å². The predicted octanol–water partition coefficient (Wildman–Crippen LogP) is -2.33. The minimum atomic E-state index is -0.1000. The van der Waals surface area contributed by atoms with Crippen LogP contribution in [-0.2, 0) is 9.59 Å². The molecule has 1 fully saturated rings. The summed E-state index contributed by atoms with van der Waals surface area (Å²) in [7, 11) is 0. The Morgan fingerprint density at radius 2 is 1.83 bits per heavy atom. The molecule has 0 spiro atoms. The Kier molecular flexibility index (Phi) is 6.63. The maximum absolute atomic E-state index is 11.4. The highest BCUT2D eigenvalue weighted by Crippen LogP contribution is 2.17. The fourth-order valence-electron chi connectivity index (χ4n) is 1.69. The van der Waals surface area contributed by atoms with Crippen LogP contribution < -0.4 is 10.6 Å². The van der Waals surface area contributed by atoms with Gasteiger partial charge in [0.25, 0.3) is 0 Å². The number of hydrogen-bond donors (Lipinski definition) is 4. The Balaban J connectivity index is 2.02. The van der Waals surface area contributed by atoms with E-state index in [4.69, 9.17) is 10.2 Å². The van der Waals surface area contributed by atoms with Crippen LogP contribution >= 0.6 is 0 Å². The third kappa shape index (κ3) is 5.44. The third-order valence-corrected chi connectivity index (χ3v) is 2.71. The molecule has 0 aliphatic carbocycles. The van der Waals surface area contributed by atoms with Gasteiger partial charge in [-0.3, -0.25) is 14.5 Å². The lowest BCUT2D eigenvalue weighted by Gasteiger charge is -2.05. The highest BCUT2D eigenvalue weighted by molar-refractivity contribution is 5.84. The standard InChI is InChI=1S/C11H21N3O4/c15-6-3-12-10(17)2-1-5-14-8-9(14)11(18)13-4-7-16/h9,15-16H,1-8H2,(H,12,17)(H,13,18). The van der Waals surface area contributed by atoms with Gasteiger partial charge in [-0.2, -0.15) is 0 Å². The molecular formula is C11H21N3O4. The summed E-state index contributed by atoms with van der Waals surface area (Å²) in [5, 5.41) is 22.3. The highest BCUT2D eigenvalue weighted by Gasteiger charge is 2.39. The number of carbonyl (C=O) groups is 2. The summed E-state index contributed by atoms with van der Waals surface area (Å²) in [5.41, 5.74) is 0. The SMILES string of the molecule is O=C(CCCN1CC1C(=O)NCCO)NCCO. The van der Waals surface area contributed by atoms with Gasteiger partial charge >= 0.3 is 0 Å². The van der Waals surface area contributed by atoms with E-state index in [0.29, 0.717) is 19.4 Å². The summed E-state index contributed by atoms with van der Waals surface area (Å²) >= 11 is 0. The molecule has 0 aromatic rings. The zero-order valence-electron chi connectivity index (χ0n) is 10.4. The Morgan fingerprint density at radius 3 is 2.50 bits per heavy atom. The topological polar surface area (TPSA) is 102 Å². The van der Waals surface area contributed by atoms with E-state index in [9.17, 15) is 9.59 Å². The normalized spacial score (nSPS) is 21.4. The molecule has 2 amide bonds. The Bertz CT molecular complexity index is 285. The minimum Gasteiger partial charge on any atom is -0.395 e. The zero-order chi connectivity index (χ0) is 13.4. The van der Waals surface area contributed by atoms with Crippen LogP contribution in [0.1, 0.15) is 12.8 Å². The van der Waals surface area contributed by atoms with Gasteiger partial charge in [-0.25, -0.2) is 0 Å². The minimum absolute atomic E-state index is 0.0506. The fourth-order valence-corrected chi connectivity index (χ4v) is 1.69. The van der Waals surface area contributed by atoms with E-state index in [0.717, 1.165) is 6.54 Å². The van der Waals surface area contributed by atoms with Gasteiger partial charge in [0.1, 0.15) is 6.04 Å². The molecule has 104 valence electrons. The van der Waals surface area contributed by atoms with Gasteiger partial charge in [-0.15, -0.1) is 0 Å². The van der Waals surface area contributed by atoms with E-state index in [1.807, 2.05) is 4.90 Å². The molecule has 1 aliphatic rings. The smallest absolute Gasteiger partial charge is 0.238 e. The molecule has 0 aromatic carbocycles. The maximum Gasteiger partial charge on any atom is 0.238 e. The lowest BCUT2D eigenvalue weighted by Crippen LogP contribution is -2.32. The molecule has 1 heterocycles. The Morgan fingerprint density at radius 1 is 1.17 bits per heavy atom. The molecule has 7 nitrogen and oxygen atoms in total. The molecule has 0 aromatic heterocycles. The van der Waals surface area contributed by atoms with Crippen LogP contribution in [0.25, 0.3) is 0 Å². The van der Waals surface area contributed by atoms with Crippen LogP contribution in [0, 0.1) is 0 Å². The van der Waals surface area contributed by atoms with Gasteiger partial charge in [0.15, 0.2) is 0 Å². The summed E-state index contributed by atoms with van der Waals surface area (Å²) in [4.78, 5) is 24.6. The maximum atomic E-state index is 11.4. The first-order chi connectivity index (χ1) is 8.69. The first-order valence-electron chi connectivity index (χ1n) is 6.19. The van der Waals surface area contributed by atoms with Gasteiger partial charge in [-0.1, -0.05) is 0 Å². The lowest BCUT2D eigenvalue weighted by atomic mass is 10.3. The van der Waals surface area contributed by atoms with Crippen LogP contribution in [0.2, 0.25) is 0 Å². The van der Waals surface area contributed by atoms with Gasteiger partial charge in [0.2, 0.25) is 11.8 Å². The molecule has 2 atom stereocenters. The van der Waals surface area contributed by atoms with Gasteiger partial charge in [0, 0.05) is 26.1 Å². The van der Waals surface area contributed by atoms with Crippen molar-refractivity contribution in [1.29, 1.82) is 0 Å². The molecule has 1 rings (SSSR count). The molecule has 1 saturated heterocycles. The quantitative estimate of drug-likeness (QED) is 0.348. The number of amides is 2. The summed E-state index contributed by atoms with van der Waals surface area (Å²) < 4.78 is 0. The van der Waals surface area contributed by atoms with Crippen molar-refractivity contribution < 1.29 is 19.8 Å². The molecule has 2 unspecified atom stereocenters. The zero-order valence-corrected chi connectivity index (χ0v) is 10.4. The fraction of sp³-hybridized carbons (Fsp3) is 0.818. The van der Waals surface area contributed by atoms with Crippen molar-refractivity contribution in [2.45, 2.75) is 18.9 Å². The van der Waals surface area contributed by atoms with Crippen molar-refractivity contribution in [2.75, 3.05) is 39.4 Å². The number of hydrogen-bond acceptors (Lipinski definition) is 5. The van der Waals surface area contributed by atoms with E-state index in [1.54, 1.807) is 0 Å². The van der Waals surface area contributed by atoms with Crippen LogP contribution in [0.15, 0.2) is 0 Å². The highest BCUT2D eigenvalue weighted by atomic mass is 16.3. The second kappa shape index (κ2) is 8.02. The van der Waals surface area contributed by atoms with E-state index in [2.05, 4.69) is 10.6 Å². The second-order valence-corrected chi connectivity index (χ2v) is 4.20. The number of nitrogens with one attached hydrogen (secondary N) is 2. The molecule has 4 N–H and O–H groups in total. The average molecular weight is 259 g/mol. The first-order valence-corrected chi connectivity index (χ1v) is 6.19. The number of aliphatic hydroxyl groups is 2. The van der Waals surface area contributed by atoms with Crippen molar-refractivity contribution in [2.24, 2.45) is 0 Å². The van der Waals surface area contributed by atoms with E-state index >= 15 is 0 Å². The van der Waals surface area contributed by atoms with Crippen LogP contribution in [0.4, 0.5) is 0 Å². The number of nitrogens with zero attached hydrogens (tertiary/aromatic N) is 1. The van der Waals surface area contributed by atoms with E-state index in [-0.39, 0.29) is 44.2 Å². The van der Waals surface area contributed by atoms with Crippen LogP contribution in [0.5, 0.6) is 0 Å². The monoisotopic (exact) mass is 259 g/mol. The van der Waals surface area contributed by atoms with Crippen molar-refractivity contribution in [3.8, 4) is 0 Å². The Labute approximate surface area is 106 Å². The van der Waals surface area contributed by atoms with Crippen molar-refractivity contribution >= 4 is 11.8 Å². The van der Waals surface area contributed by atoms with Gasteiger partial charge in [-0.05, 0) is 13.0 Å². The molecule has 1 aliphatic heterocycles. The molecule has 18 heavy (non-hydrogen) atoms. The second-order valence-electron chi connectivity index (χ2n) is 4.20. The number of rotatable bonds is 9. The molecule has 0 bridgehead atoms. The lowest BCUT2D eigenvalue weighted by molar-refractivity contribution is -0.121. The summed E-state index contributed by atoms with van der Waals surface area (Å²) in [6, 6.07) is -0.1000. The molecule has 7 heteroatoms. The predicted molar refractivity (Wildman–Crippen MR) is 64.8 cm³/mol. The third-order valence-electron chi connectivity index (χ3n) is 2.71. The summed E-state index contributed by atoms with van der Waals surface area (Å²) in [6.45, 7) is 1.90. The number of aliphatic hydroxyl groups excluding tert-OH is 2. The van der Waals surface area contributed by atoms with Crippen molar-refractivity contribution in [3.63, 3.8) is 0 Å². The van der Waals surface area contributed by atoms with Gasteiger partial charge < -0.3 is 20.8 Å². The van der Waals surface area contributed by atoms with E-state index in [1.165, 1.54) is 0 Å². The molecule has 0 radical (unpaired) electrons.